The Hall–Kier alpha value is -1.10. The summed E-state index contributed by atoms with van der Waals surface area (Å²) in [5.41, 5.74) is 1.08. The van der Waals surface area contributed by atoms with Crippen molar-refractivity contribution in [2.24, 2.45) is 5.41 Å². The standard InChI is InChI=1S/C14H20N2O2S/c1-13(2,19-18)9-15-7-4-10-11(17)8-12(16(10)15)14(3)5-6-14/h4,7,12H,5-6,8-9H2,1-3H3/q+2. The van der Waals surface area contributed by atoms with E-state index in [0.717, 1.165) is 5.69 Å². The van der Waals surface area contributed by atoms with Gasteiger partial charge in [0.15, 0.2) is 12.0 Å². The number of carbonyl (C=O) groups excluding carboxylic acids is 1. The molecule has 0 radical (unpaired) electrons. The molecule has 1 aromatic rings. The topological polar surface area (TPSA) is 43.0 Å². The number of carbonyl (C=O) groups is 1. The van der Waals surface area contributed by atoms with Crippen LogP contribution in [0.3, 0.4) is 0 Å². The first kappa shape index (κ1) is 12.9. The zero-order chi connectivity index (χ0) is 13.8. The van der Waals surface area contributed by atoms with E-state index in [1.807, 2.05) is 26.1 Å². The lowest BCUT2D eigenvalue weighted by Crippen LogP contribution is -2.51. The summed E-state index contributed by atoms with van der Waals surface area (Å²) in [5, 5.41) is 0. The van der Waals surface area contributed by atoms with E-state index in [1.54, 1.807) is 0 Å². The Labute approximate surface area is 117 Å². The first-order valence-corrected chi connectivity index (χ1v) is 7.56. The normalized spacial score (nSPS) is 24.4. The van der Waals surface area contributed by atoms with Gasteiger partial charge in [-0.15, -0.1) is 9.36 Å². The number of ketones is 1. The summed E-state index contributed by atoms with van der Waals surface area (Å²) in [6.07, 6.45) is 4.96. The van der Waals surface area contributed by atoms with Gasteiger partial charge in [-0.05, 0) is 18.3 Å². The summed E-state index contributed by atoms with van der Waals surface area (Å²) in [7, 11) is 0. The summed E-state index contributed by atoms with van der Waals surface area (Å²) in [4.78, 5) is 12.1. The second-order valence-electron chi connectivity index (χ2n) is 6.78. The zero-order valence-corrected chi connectivity index (χ0v) is 12.5. The average Bonchev–Trinajstić information content (AvgIpc) is 2.83. The smallest absolute Gasteiger partial charge is 0.292 e. The van der Waals surface area contributed by atoms with Gasteiger partial charge in [0, 0.05) is 30.5 Å². The maximum Gasteiger partial charge on any atom is 0.471 e. The van der Waals surface area contributed by atoms with Gasteiger partial charge in [-0.3, -0.25) is 4.79 Å². The molecule has 0 N–H and O–H groups in total. The quantitative estimate of drug-likeness (QED) is 0.624. The van der Waals surface area contributed by atoms with Gasteiger partial charge in [-0.1, -0.05) is 6.92 Å². The van der Waals surface area contributed by atoms with Crippen LogP contribution in [0.5, 0.6) is 0 Å². The van der Waals surface area contributed by atoms with Crippen LogP contribution in [0.2, 0.25) is 0 Å². The number of hydrogen-bond donors (Lipinski definition) is 0. The molecule has 102 valence electrons. The number of fused-ring (bicyclic) bond motifs is 1. The van der Waals surface area contributed by atoms with Crippen molar-refractivity contribution in [3.8, 4) is 0 Å². The van der Waals surface area contributed by atoms with E-state index in [-0.39, 0.29) is 22.0 Å². The highest BCUT2D eigenvalue weighted by molar-refractivity contribution is 7.67. The third-order valence-corrected chi connectivity index (χ3v) is 5.08. The molecule has 5 heteroatoms. The fourth-order valence-corrected chi connectivity index (χ4v) is 3.18. The summed E-state index contributed by atoms with van der Waals surface area (Å²) in [6, 6.07) is 2.18. The molecule has 19 heavy (non-hydrogen) atoms. The fraction of sp³-hybridized carbons (Fsp3) is 0.714. The number of hydrogen-bond acceptors (Lipinski definition) is 2. The van der Waals surface area contributed by atoms with Gasteiger partial charge in [-0.2, -0.15) is 0 Å². The first-order chi connectivity index (χ1) is 8.86. The van der Waals surface area contributed by atoms with E-state index in [2.05, 4.69) is 16.3 Å². The monoisotopic (exact) mass is 280 g/mol. The van der Waals surface area contributed by atoms with Crippen LogP contribution >= 0.6 is 0 Å². The molecule has 2 heterocycles. The van der Waals surface area contributed by atoms with Gasteiger partial charge in [0.1, 0.15) is 11.7 Å². The molecule has 0 aromatic carbocycles. The molecule has 1 fully saturated rings. The summed E-state index contributed by atoms with van der Waals surface area (Å²) in [6.45, 7) is 6.80. The summed E-state index contributed by atoms with van der Waals surface area (Å²) >= 11 is 0.627. The molecular weight excluding hydrogens is 260 g/mol. The Morgan fingerprint density at radius 3 is 2.79 bits per heavy atom. The van der Waals surface area contributed by atoms with Crippen molar-refractivity contribution in [1.29, 1.82) is 0 Å². The van der Waals surface area contributed by atoms with E-state index >= 15 is 0 Å². The van der Waals surface area contributed by atoms with Crippen molar-refractivity contribution in [2.75, 3.05) is 0 Å². The van der Waals surface area contributed by atoms with Crippen molar-refractivity contribution < 1.29 is 13.7 Å². The van der Waals surface area contributed by atoms with Crippen LogP contribution in [-0.4, -0.2) is 15.2 Å². The number of nitrogens with zero attached hydrogens (tertiary/aromatic N) is 2. The Kier molecular flexibility index (Phi) is 2.68. The van der Waals surface area contributed by atoms with E-state index in [0.29, 0.717) is 24.6 Å². The molecule has 4 nitrogen and oxygen atoms in total. The molecule has 0 amide bonds. The predicted octanol–water partition coefficient (Wildman–Crippen LogP) is 1.91. The maximum atomic E-state index is 12.1. The Morgan fingerprint density at radius 2 is 2.21 bits per heavy atom. The molecule has 0 bridgehead atoms. The van der Waals surface area contributed by atoms with Crippen LogP contribution in [-0.2, 0) is 22.4 Å². The van der Waals surface area contributed by atoms with Gasteiger partial charge in [0.2, 0.25) is 6.54 Å². The van der Waals surface area contributed by atoms with Crippen molar-refractivity contribution in [1.82, 2.24) is 4.68 Å². The second-order valence-corrected chi connectivity index (χ2v) is 8.06. The highest BCUT2D eigenvalue weighted by atomic mass is 32.1. The SMILES string of the molecule is CC(C)(C[n+]1ccc2n1C(C1(C)CC1)CC2=O)[S+]=O. The Bertz CT molecular complexity index is 558. The number of aromatic nitrogens is 2. The fourth-order valence-electron chi connectivity index (χ4n) is 2.99. The van der Waals surface area contributed by atoms with E-state index in [9.17, 15) is 9.00 Å². The van der Waals surface area contributed by atoms with E-state index in [4.69, 9.17) is 0 Å². The number of Topliss-reactive ketones (excluding diaryl/α,β-unsaturated/α-hetero) is 1. The molecule has 1 saturated carbocycles. The average molecular weight is 280 g/mol. The predicted molar refractivity (Wildman–Crippen MR) is 72.1 cm³/mol. The lowest BCUT2D eigenvalue weighted by atomic mass is 9.97. The minimum atomic E-state index is -0.361. The van der Waals surface area contributed by atoms with Gasteiger partial charge in [0.05, 0.1) is 0 Å². The van der Waals surface area contributed by atoms with Crippen LogP contribution in [0, 0.1) is 5.41 Å². The van der Waals surface area contributed by atoms with Crippen molar-refractivity contribution in [3.05, 3.63) is 18.0 Å². The largest absolute Gasteiger partial charge is 0.471 e. The van der Waals surface area contributed by atoms with E-state index in [1.165, 1.54) is 12.8 Å². The van der Waals surface area contributed by atoms with Crippen molar-refractivity contribution in [3.63, 3.8) is 0 Å². The molecule has 1 aliphatic heterocycles. The van der Waals surface area contributed by atoms with E-state index < -0.39 is 0 Å². The molecule has 1 unspecified atom stereocenters. The highest BCUT2D eigenvalue weighted by Gasteiger charge is 2.54. The molecule has 0 saturated heterocycles. The van der Waals surface area contributed by atoms with Crippen LogP contribution in [0.15, 0.2) is 12.3 Å². The van der Waals surface area contributed by atoms with Crippen molar-refractivity contribution >= 4 is 17.4 Å². The number of rotatable bonds is 4. The molecule has 0 spiro atoms. The first-order valence-electron chi connectivity index (χ1n) is 6.81. The van der Waals surface area contributed by atoms with Crippen LogP contribution in [0.25, 0.3) is 0 Å². The highest BCUT2D eigenvalue weighted by Crippen LogP contribution is 2.56. The second kappa shape index (κ2) is 3.95. The van der Waals surface area contributed by atoms with Gasteiger partial charge < -0.3 is 0 Å². The molecule has 1 aromatic heterocycles. The zero-order valence-electron chi connectivity index (χ0n) is 11.7. The summed E-state index contributed by atoms with van der Waals surface area (Å²) in [5.74, 6) is 0.240. The third kappa shape index (κ3) is 2.04. The van der Waals surface area contributed by atoms with Crippen molar-refractivity contribution in [2.45, 2.75) is 57.4 Å². The van der Waals surface area contributed by atoms with Crippen LogP contribution in [0.4, 0.5) is 0 Å². The lowest BCUT2D eigenvalue weighted by Gasteiger charge is -2.18. The lowest BCUT2D eigenvalue weighted by molar-refractivity contribution is -0.780. The molecular formula is C14H20N2O2S+2. The Morgan fingerprint density at radius 1 is 1.53 bits per heavy atom. The molecule has 1 atom stereocenters. The molecule has 2 aliphatic rings. The maximum absolute atomic E-state index is 12.1. The molecule has 1 aliphatic carbocycles. The third-order valence-electron chi connectivity index (χ3n) is 4.50. The van der Waals surface area contributed by atoms with Crippen LogP contribution in [0.1, 0.15) is 56.6 Å². The molecule has 3 rings (SSSR count). The minimum Gasteiger partial charge on any atom is -0.292 e. The van der Waals surface area contributed by atoms with Gasteiger partial charge >= 0.3 is 16.4 Å². The Balaban J connectivity index is 1.99. The minimum absolute atomic E-state index is 0.240. The van der Waals surface area contributed by atoms with Crippen LogP contribution < -0.4 is 4.68 Å². The van der Waals surface area contributed by atoms with Gasteiger partial charge in [-0.25, -0.2) is 0 Å². The summed E-state index contributed by atoms with van der Waals surface area (Å²) < 4.78 is 15.0. The van der Waals surface area contributed by atoms with Gasteiger partial charge in [0.25, 0.3) is 0 Å².